The number of ether oxygens (including phenoxy) is 1. The van der Waals surface area contributed by atoms with E-state index in [0.717, 1.165) is 57.4 Å². The lowest BCUT2D eigenvalue weighted by Gasteiger charge is -2.43. The van der Waals surface area contributed by atoms with Gasteiger partial charge in [-0.15, -0.1) is 0 Å². The fourth-order valence-corrected chi connectivity index (χ4v) is 4.35. The Bertz CT molecular complexity index is 687. The molecule has 1 aliphatic carbocycles. The summed E-state index contributed by atoms with van der Waals surface area (Å²) in [5.74, 6) is 0.583. The minimum absolute atomic E-state index is 0.0477. The normalized spacial score (nSPS) is 21.4. The van der Waals surface area contributed by atoms with Gasteiger partial charge in [-0.1, -0.05) is 17.7 Å². The van der Waals surface area contributed by atoms with Gasteiger partial charge >= 0.3 is 6.03 Å². The Kier molecular flexibility index (Phi) is 5.85. The number of hydrogen-bond acceptors (Lipinski definition) is 3. The number of nitrogens with one attached hydrogen (secondary N) is 1. The molecule has 28 heavy (non-hydrogen) atoms. The van der Waals surface area contributed by atoms with Crippen molar-refractivity contribution in [1.82, 2.24) is 9.80 Å². The molecule has 6 nitrogen and oxygen atoms in total. The van der Waals surface area contributed by atoms with Crippen LogP contribution in [-0.2, 0) is 9.53 Å². The summed E-state index contributed by atoms with van der Waals surface area (Å²) in [6, 6.07) is 8.36. The summed E-state index contributed by atoms with van der Waals surface area (Å²) in [7, 11) is 0. The SMILES string of the molecule is Cc1ccc(NC(=O)N2CCC(N(C(=O)C3CC3)C3CCOCC3)CC2)cc1. The van der Waals surface area contributed by atoms with Crippen LogP contribution in [0.1, 0.15) is 44.1 Å². The maximum absolute atomic E-state index is 13.0. The molecule has 0 spiro atoms. The Morgan fingerprint density at radius 2 is 1.57 bits per heavy atom. The summed E-state index contributed by atoms with van der Waals surface area (Å²) < 4.78 is 5.51. The van der Waals surface area contributed by atoms with Gasteiger partial charge in [0.25, 0.3) is 0 Å². The van der Waals surface area contributed by atoms with E-state index >= 15 is 0 Å². The molecule has 3 amide bonds. The van der Waals surface area contributed by atoms with E-state index in [2.05, 4.69) is 10.2 Å². The van der Waals surface area contributed by atoms with Crippen molar-refractivity contribution in [2.24, 2.45) is 5.92 Å². The topological polar surface area (TPSA) is 61.9 Å². The zero-order valence-electron chi connectivity index (χ0n) is 16.7. The molecule has 1 aromatic rings. The highest BCUT2D eigenvalue weighted by Gasteiger charge is 2.41. The van der Waals surface area contributed by atoms with Crippen molar-refractivity contribution >= 4 is 17.6 Å². The minimum atomic E-state index is -0.0477. The predicted molar refractivity (Wildman–Crippen MR) is 108 cm³/mol. The van der Waals surface area contributed by atoms with Crippen LogP contribution in [0.25, 0.3) is 0 Å². The lowest BCUT2D eigenvalue weighted by molar-refractivity contribution is -0.141. The lowest BCUT2D eigenvalue weighted by atomic mass is 9.97. The highest BCUT2D eigenvalue weighted by molar-refractivity contribution is 5.89. The monoisotopic (exact) mass is 385 g/mol. The van der Waals surface area contributed by atoms with Crippen molar-refractivity contribution in [2.75, 3.05) is 31.6 Å². The number of aryl methyl sites for hydroxylation is 1. The average molecular weight is 386 g/mol. The molecular formula is C22H31N3O3. The third kappa shape index (κ3) is 4.49. The molecule has 0 radical (unpaired) electrons. The number of urea groups is 1. The molecule has 1 aromatic carbocycles. The first-order valence-corrected chi connectivity index (χ1v) is 10.6. The van der Waals surface area contributed by atoms with E-state index in [9.17, 15) is 9.59 Å². The van der Waals surface area contributed by atoms with Gasteiger partial charge in [0, 0.05) is 50.0 Å². The molecule has 4 rings (SSSR count). The van der Waals surface area contributed by atoms with Gasteiger partial charge in [-0.2, -0.15) is 0 Å². The number of benzene rings is 1. The van der Waals surface area contributed by atoms with Crippen molar-refractivity contribution in [3.63, 3.8) is 0 Å². The highest BCUT2D eigenvalue weighted by Crippen LogP contribution is 2.35. The van der Waals surface area contributed by atoms with Crippen molar-refractivity contribution in [3.8, 4) is 0 Å². The number of carbonyl (C=O) groups is 2. The second-order valence-corrected chi connectivity index (χ2v) is 8.38. The second-order valence-electron chi connectivity index (χ2n) is 8.38. The molecule has 2 aliphatic heterocycles. The van der Waals surface area contributed by atoms with E-state index in [1.165, 1.54) is 5.56 Å². The van der Waals surface area contributed by atoms with Crippen molar-refractivity contribution in [2.45, 2.75) is 57.5 Å². The number of likely N-dealkylation sites (tertiary alicyclic amines) is 1. The van der Waals surface area contributed by atoms with Gasteiger partial charge in [0.05, 0.1) is 0 Å². The van der Waals surface area contributed by atoms with Crippen LogP contribution >= 0.6 is 0 Å². The molecule has 3 fully saturated rings. The van der Waals surface area contributed by atoms with Crippen LogP contribution in [0.5, 0.6) is 0 Å². The molecule has 0 aromatic heterocycles. The minimum Gasteiger partial charge on any atom is -0.381 e. The third-order valence-corrected chi connectivity index (χ3v) is 6.21. The first-order valence-electron chi connectivity index (χ1n) is 10.6. The maximum atomic E-state index is 13.0. The fraction of sp³-hybridized carbons (Fsp3) is 0.636. The number of anilines is 1. The van der Waals surface area contributed by atoms with Crippen molar-refractivity contribution in [3.05, 3.63) is 29.8 Å². The number of carbonyl (C=O) groups excluding carboxylic acids is 2. The summed E-state index contributed by atoms with van der Waals surface area (Å²) in [5.41, 5.74) is 2.00. The van der Waals surface area contributed by atoms with E-state index in [1.807, 2.05) is 36.1 Å². The first kappa shape index (κ1) is 19.2. The largest absolute Gasteiger partial charge is 0.381 e. The summed E-state index contributed by atoms with van der Waals surface area (Å²) in [4.78, 5) is 29.6. The van der Waals surface area contributed by atoms with Gasteiger partial charge < -0.3 is 19.9 Å². The van der Waals surface area contributed by atoms with E-state index in [1.54, 1.807) is 0 Å². The van der Waals surface area contributed by atoms with Gasteiger partial charge in [0.2, 0.25) is 5.91 Å². The Morgan fingerprint density at radius 3 is 2.18 bits per heavy atom. The number of piperidine rings is 1. The number of rotatable bonds is 4. The smallest absolute Gasteiger partial charge is 0.321 e. The zero-order chi connectivity index (χ0) is 19.5. The molecule has 1 saturated carbocycles. The second kappa shape index (κ2) is 8.52. The molecule has 0 bridgehead atoms. The Balaban J connectivity index is 1.35. The molecule has 152 valence electrons. The van der Waals surface area contributed by atoms with Crippen LogP contribution in [-0.4, -0.2) is 60.1 Å². The maximum Gasteiger partial charge on any atom is 0.321 e. The Morgan fingerprint density at radius 1 is 0.964 bits per heavy atom. The Hall–Kier alpha value is -2.08. The molecule has 2 saturated heterocycles. The van der Waals surface area contributed by atoms with E-state index < -0.39 is 0 Å². The van der Waals surface area contributed by atoms with Gasteiger partial charge in [0.15, 0.2) is 0 Å². The van der Waals surface area contributed by atoms with Crippen LogP contribution in [0.2, 0.25) is 0 Å². The Labute approximate surface area is 167 Å². The number of nitrogens with zero attached hydrogens (tertiary/aromatic N) is 2. The molecular weight excluding hydrogens is 354 g/mol. The standard InChI is InChI=1S/C22H31N3O3/c1-16-2-6-18(7-3-16)23-22(27)24-12-8-19(9-13-24)25(21(26)17-4-5-17)20-10-14-28-15-11-20/h2-3,6-7,17,19-20H,4-5,8-15H2,1H3,(H,23,27). The molecule has 0 unspecified atom stereocenters. The van der Waals surface area contributed by atoms with Crippen molar-refractivity contribution < 1.29 is 14.3 Å². The lowest BCUT2D eigenvalue weighted by Crippen LogP contribution is -2.54. The number of hydrogen-bond donors (Lipinski definition) is 1. The predicted octanol–water partition coefficient (Wildman–Crippen LogP) is 3.41. The van der Waals surface area contributed by atoms with E-state index in [4.69, 9.17) is 4.74 Å². The van der Waals surface area contributed by atoms with Crippen molar-refractivity contribution in [1.29, 1.82) is 0 Å². The van der Waals surface area contributed by atoms with E-state index in [-0.39, 0.29) is 18.0 Å². The third-order valence-electron chi connectivity index (χ3n) is 6.21. The summed E-state index contributed by atoms with van der Waals surface area (Å²) >= 11 is 0. The number of amides is 3. The van der Waals surface area contributed by atoms with Crippen LogP contribution in [0.4, 0.5) is 10.5 Å². The zero-order valence-corrected chi connectivity index (χ0v) is 16.7. The first-order chi connectivity index (χ1) is 13.6. The van der Waals surface area contributed by atoms with Crippen LogP contribution in [0.3, 0.4) is 0 Å². The quantitative estimate of drug-likeness (QED) is 0.864. The van der Waals surface area contributed by atoms with E-state index in [0.29, 0.717) is 25.0 Å². The van der Waals surface area contributed by atoms with Gasteiger partial charge in [-0.05, 0) is 57.6 Å². The fourth-order valence-electron chi connectivity index (χ4n) is 4.35. The molecule has 2 heterocycles. The highest BCUT2D eigenvalue weighted by atomic mass is 16.5. The summed E-state index contributed by atoms with van der Waals surface area (Å²) in [6.07, 6.45) is 5.67. The molecule has 3 aliphatic rings. The van der Waals surface area contributed by atoms with Gasteiger partial charge in [-0.25, -0.2) is 4.79 Å². The van der Waals surface area contributed by atoms with Gasteiger partial charge in [0.1, 0.15) is 0 Å². The summed E-state index contributed by atoms with van der Waals surface area (Å²) in [6.45, 7) is 4.91. The summed E-state index contributed by atoms with van der Waals surface area (Å²) in [5, 5.41) is 2.99. The molecule has 0 atom stereocenters. The van der Waals surface area contributed by atoms with Gasteiger partial charge in [-0.3, -0.25) is 4.79 Å². The van der Waals surface area contributed by atoms with Crippen LogP contribution < -0.4 is 5.32 Å². The van der Waals surface area contributed by atoms with Crippen LogP contribution in [0.15, 0.2) is 24.3 Å². The van der Waals surface area contributed by atoms with Crippen LogP contribution in [0, 0.1) is 12.8 Å². The average Bonchev–Trinajstić information content (AvgIpc) is 3.57. The molecule has 1 N–H and O–H groups in total. The molecule has 6 heteroatoms.